The van der Waals surface area contributed by atoms with Crippen LogP contribution in [0.5, 0.6) is 0 Å². The van der Waals surface area contributed by atoms with Crippen LogP contribution < -0.4 is 0 Å². The molecule has 1 nitrogen and oxygen atoms in total. The summed E-state index contributed by atoms with van der Waals surface area (Å²) in [5.41, 5.74) is 2.08. The summed E-state index contributed by atoms with van der Waals surface area (Å²) in [6, 6.07) is 15.1. The lowest BCUT2D eigenvalue weighted by Gasteiger charge is -2.00. The highest BCUT2D eigenvalue weighted by Crippen LogP contribution is 2.19. The number of allylic oxidation sites excluding steroid dienone is 1. The fraction of sp³-hybridized carbons (Fsp3) is 0. The molecule has 0 aliphatic carbocycles. The van der Waals surface area contributed by atoms with Gasteiger partial charge >= 0.3 is 0 Å². The normalized spacial score (nSPS) is 11.1. The van der Waals surface area contributed by atoms with E-state index in [0.717, 1.165) is 11.1 Å². The topological polar surface area (TPSA) is 23.8 Å². The van der Waals surface area contributed by atoms with Gasteiger partial charge in [-0.1, -0.05) is 35.9 Å². The van der Waals surface area contributed by atoms with Crippen LogP contribution in [0.2, 0.25) is 5.02 Å². The molecule has 0 heterocycles. The third-order valence-corrected chi connectivity index (χ3v) is 2.71. The maximum atomic E-state index is 12.8. The Morgan fingerprint density at radius 2 is 1.67 bits per heavy atom. The first-order valence-electron chi connectivity index (χ1n) is 5.32. The summed E-state index contributed by atoms with van der Waals surface area (Å²) < 4.78 is 12.8. The first kappa shape index (κ1) is 12.3. The Kier molecular flexibility index (Phi) is 3.76. The van der Waals surface area contributed by atoms with Gasteiger partial charge in [0.05, 0.1) is 11.6 Å². The number of nitrogens with zero attached hydrogens (tertiary/aromatic N) is 1. The van der Waals surface area contributed by atoms with Gasteiger partial charge in [0.2, 0.25) is 0 Å². The van der Waals surface area contributed by atoms with Crippen molar-refractivity contribution in [3.05, 3.63) is 70.5 Å². The van der Waals surface area contributed by atoms with Gasteiger partial charge in [-0.05, 0) is 41.5 Å². The van der Waals surface area contributed by atoms with Crippen molar-refractivity contribution in [1.29, 1.82) is 5.26 Å². The van der Waals surface area contributed by atoms with Crippen LogP contribution in [0.15, 0.2) is 48.5 Å². The van der Waals surface area contributed by atoms with Crippen molar-refractivity contribution in [2.75, 3.05) is 0 Å². The molecule has 0 N–H and O–H groups in total. The van der Waals surface area contributed by atoms with Crippen molar-refractivity contribution in [2.24, 2.45) is 0 Å². The van der Waals surface area contributed by atoms with E-state index in [0.29, 0.717) is 10.6 Å². The van der Waals surface area contributed by atoms with E-state index < -0.39 is 0 Å². The summed E-state index contributed by atoms with van der Waals surface area (Å²) in [4.78, 5) is 0. The van der Waals surface area contributed by atoms with Crippen molar-refractivity contribution in [3.8, 4) is 6.07 Å². The lowest BCUT2D eigenvalue weighted by atomic mass is 10.0. The molecule has 0 unspecified atom stereocenters. The lowest BCUT2D eigenvalue weighted by molar-refractivity contribution is 0.628. The van der Waals surface area contributed by atoms with Crippen LogP contribution in [-0.2, 0) is 0 Å². The van der Waals surface area contributed by atoms with Crippen molar-refractivity contribution in [2.45, 2.75) is 0 Å². The number of hydrogen-bond acceptors (Lipinski definition) is 1. The Bertz CT molecular complexity index is 606. The average molecular weight is 258 g/mol. The second-order valence-corrected chi connectivity index (χ2v) is 4.16. The van der Waals surface area contributed by atoms with Crippen LogP contribution in [0.4, 0.5) is 4.39 Å². The van der Waals surface area contributed by atoms with Gasteiger partial charge in [0.15, 0.2) is 0 Å². The van der Waals surface area contributed by atoms with Gasteiger partial charge in [-0.3, -0.25) is 0 Å². The van der Waals surface area contributed by atoms with E-state index in [1.165, 1.54) is 12.1 Å². The molecule has 88 valence electrons. The average Bonchev–Trinajstić information content (AvgIpc) is 2.39. The summed E-state index contributed by atoms with van der Waals surface area (Å²) in [7, 11) is 0. The third kappa shape index (κ3) is 2.97. The molecular formula is C15H9ClFN. The van der Waals surface area contributed by atoms with Crippen LogP contribution in [-0.4, -0.2) is 0 Å². The summed E-state index contributed by atoms with van der Waals surface area (Å²) >= 11 is 5.79. The molecule has 2 aromatic carbocycles. The molecule has 2 rings (SSSR count). The number of nitriles is 1. The molecule has 0 saturated carbocycles. The predicted octanol–water partition coefficient (Wildman–Crippen LogP) is 4.54. The highest BCUT2D eigenvalue weighted by Gasteiger charge is 2.01. The second-order valence-electron chi connectivity index (χ2n) is 3.73. The molecule has 0 aliphatic rings. The molecule has 0 aliphatic heterocycles. The second kappa shape index (κ2) is 5.48. The van der Waals surface area contributed by atoms with Gasteiger partial charge in [-0.2, -0.15) is 5.26 Å². The van der Waals surface area contributed by atoms with Crippen LogP contribution in [0.3, 0.4) is 0 Å². The van der Waals surface area contributed by atoms with E-state index in [4.69, 9.17) is 16.9 Å². The van der Waals surface area contributed by atoms with Crippen LogP contribution in [0.25, 0.3) is 11.6 Å². The zero-order valence-corrected chi connectivity index (χ0v) is 10.2. The summed E-state index contributed by atoms with van der Waals surface area (Å²) in [5.74, 6) is -0.294. The Labute approximate surface area is 110 Å². The van der Waals surface area contributed by atoms with E-state index >= 15 is 0 Å². The zero-order valence-electron chi connectivity index (χ0n) is 9.40. The lowest BCUT2D eigenvalue weighted by Crippen LogP contribution is -1.82. The van der Waals surface area contributed by atoms with Crippen molar-refractivity contribution >= 4 is 23.3 Å². The number of rotatable bonds is 2. The molecule has 0 atom stereocenters. The largest absolute Gasteiger partial charge is 0.207 e. The Hall–Kier alpha value is -2.11. The van der Waals surface area contributed by atoms with E-state index in [-0.39, 0.29) is 5.82 Å². The molecule has 0 amide bonds. The molecule has 0 bridgehead atoms. The molecule has 0 fully saturated rings. The van der Waals surface area contributed by atoms with Crippen LogP contribution in [0.1, 0.15) is 11.1 Å². The fourth-order valence-electron chi connectivity index (χ4n) is 1.54. The van der Waals surface area contributed by atoms with Crippen molar-refractivity contribution in [3.63, 3.8) is 0 Å². The van der Waals surface area contributed by atoms with Gasteiger partial charge < -0.3 is 0 Å². The van der Waals surface area contributed by atoms with Crippen molar-refractivity contribution < 1.29 is 4.39 Å². The molecule has 0 radical (unpaired) electrons. The fourth-order valence-corrected chi connectivity index (χ4v) is 1.66. The number of halogens is 2. The Morgan fingerprint density at radius 3 is 2.22 bits per heavy atom. The molecule has 0 saturated heterocycles. The van der Waals surface area contributed by atoms with Gasteiger partial charge in [0.25, 0.3) is 0 Å². The highest BCUT2D eigenvalue weighted by atomic mass is 35.5. The first-order chi connectivity index (χ1) is 8.69. The summed E-state index contributed by atoms with van der Waals surface area (Å²) in [6.07, 6.45) is 1.71. The third-order valence-electron chi connectivity index (χ3n) is 2.46. The minimum absolute atomic E-state index is 0.294. The van der Waals surface area contributed by atoms with Gasteiger partial charge in [-0.25, -0.2) is 4.39 Å². The molecule has 18 heavy (non-hydrogen) atoms. The summed E-state index contributed by atoms with van der Waals surface area (Å²) in [6.45, 7) is 0. The monoisotopic (exact) mass is 257 g/mol. The minimum atomic E-state index is -0.294. The van der Waals surface area contributed by atoms with E-state index in [1.807, 2.05) is 0 Å². The predicted molar refractivity (Wildman–Crippen MR) is 71.3 cm³/mol. The maximum Gasteiger partial charge on any atom is 0.123 e. The van der Waals surface area contributed by atoms with Gasteiger partial charge in [0, 0.05) is 5.02 Å². The standard InChI is InChI=1S/C15H9ClFN/c16-14-5-3-12(4-6-14)13(10-18)9-11-1-7-15(17)8-2-11/h1-9H. The molecule has 0 spiro atoms. The molecule has 3 heteroatoms. The Balaban J connectivity index is 2.37. The summed E-state index contributed by atoms with van der Waals surface area (Å²) in [5, 5.41) is 9.76. The smallest absolute Gasteiger partial charge is 0.123 e. The van der Waals surface area contributed by atoms with E-state index in [1.54, 1.807) is 42.5 Å². The minimum Gasteiger partial charge on any atom is -0.207 e. The van der Waals surface area contributed by atoms with Gasteiger partial charge in [-0.15, -0.1) is 0 Å². The van der Waals surface area contributed by atoms with Crippen LogP contribution >= 0.6 is 11.6 Å². The molecular weight excluding hydrogens is 249 g/mol. The first-order valence-corrected chi connectivity index (χ1v) is 5.70. The molecule has 2 aromatic rings. The Morgan fingerprint density at radius 1 is 1.06 bits per heavy atom. The molecule has 0 aromatic heterocycles. The van der Waals surface area contributed by atoms with Crippen molar-refractivity contribution in [1.82, 2.24) is 0 Å². The number of benzene rings is 2. The van der Waals surface area contributed by atoms with Crippen LogP contribution in [0, 0.1) is 17.1 Å². The maximum absolute atomic E-state index is 12.8. The zero-order chi connectivity index (χ0) is 13.0. The SMILES string of the molecule is N#CC(=Cc1ccc(F)cc1)c1ccc(Cl)cc1. The quantitative estimate of drug-likeness (QED) is 0.572. The van der Waals surface area contributed by atoms with E-state index in [2.05, 4.69) is 6.07 Å². The highest BCUT2D eigenvalue weighted by molar-refractivity contribution is 6.30. The number of hydrogen-bond donors (Lipinski definition) is 0. The van der Waals surface area contributed by atoms with E-state index in [9.17, 15) is 4.39 Å². The van der Waals surface area contributed by atoms with Gasteiger partial charge in [0.1, 0.15) is 5.82 Å².